The summed E-state index contributed by atoms with van der Waals surface area (Å²) in [6.07, 6.45) is 0. The van der Waals surface area contributed by atoms with E-state index in [2.05, 4.69) is 17.0 Å². The first kappa shape index (κ1) is 4.93. The molecule has 1 rings (SSSR count). The second-order valence-electron chi connectivity index (χ2n) is 1.09. The number of aromatic nitrogens is 1. The topological polar surface area (TPSA) is 38.9 Å². The Kier molecular flexibility index (Phi) is 1.21. The zero-order valence-electron chi connectivity index (χ0n) is 3.46. The van der Waals surface area contributed by atoms with Crippen LogP contribution in [0.5, 0.6) is 0 Å². The van der Waals surface area contributed by atoms with Crippen LogP contribution in [0.1, 0.15) is 0 Å². The molecule has 1 aromatic heterocycles. The van der Waals surface area contributed by atoms with Gasteiger partial charge in [0.25, 0.3) is 0 Å². The van der Waals surface area contributed by atoms with Crippen molar-refractivity contribution in [1.82, 2.24) is 4.37 Å². The fraction of sp³-hybridized carbons (Fsp3) is 0. The average Bonchev–Trinajstić information content (AvgIpc) is 1.87. The summed E-state index contributed by atoms with van der Waals surface area (Å²) in [6, 6.07) is 1.72. The van der Waals surface area contributed by atoms with Crippen molar-refractivity contribution in [1.29, 1.82) is 0 Å². The number of nitrogens with zero attached hydrogens (tertiary/aromatic N) is 1. The van der Waals surface area contributed by atoms with Crippen molar-refractivity contribution in [3.8, 4) is 0 Å². The number of hydrogen-bond acceptors (Lipinski definition) is 4. The Morgan fingerprint density at radius 1 is 1.86 bits per heavy atom. The maximum absolute atomic E-state index is 5.29. The van der Waals surface area contributed by atoms with Crippen LogP contribution in [0.3, 0.4) is 0 Å². The van der Waals surface area contributed by atoms with Crippen LogP contribution < -0.4 is 5.73 Å². The van der Waals surface area contributed by atoms with Crippen LogP contribution in [-0.4, -0.2) is 4.37 Å². The molecule has 0 aliphatic heterocycles. The van der Waals surface area contributed by atoms with Crippen molar-refractivity contribution < 1.29 is 0 Å². The Bertz CT molecular complexity index is 143. The maximum Gasteiger partial charge on any atom is 0.109 e. The fourth-order valence-electron chi connectivity index (χ4n) is 0.279. The Morgan fingerprint density at radius 3 is 2.71 bits per heavy atom. The third-order valence-electron chi connectivity index (χ3n) is 0.516. The molecule has 0 bridgehead atoms. The van der Waals surface area contributed by atoms with Gasteiger partial charge in [0.1, 0.15) is 10.0 Å². The van der Waals surface area contributed by atoms with Crippen molar-refractivity contribution in [3.05, 3.63) is 6.07 Å². The molecule has 0 unspecified atom stereocenters. The van der Waals surface area contributed by atoms with Gasteiger partial charge in [-0.15, -0.1) is 12.6 Å². The fourth-order valence-corrected chi connectivity index (χ4v) is 1.04. The van der Waals surface area contributed by atoms with Gasteiger partial charge in [0, 0.05) is 6.07 Å². The van der Waals surface area contributed by atoms with E-state index in [0.717, 1.165) is 0 Å². The number of hydrogen-bond donors (Lipinski definition) is 2. The minimum absolute atomic E-state index is 0.697. The first-order valence-electron chi connectivity index (χ1n) is 1.70. The van der Waals surface area contributed by atoms with Crippen molar-refractivity contribution in [3.63, 3.8) is 0 Å². The van der Waals surface area contributed by atoms with Gasteiger partial charge < -0.3 is 5.73 Å². The molecule has 2 N–H and O–H groups in total. The molecular formula is C3H4N2S2. The second kappa shape index (κ2) is 1.71. The van der Waals surface area contributed by atoms with Crippen LogP contribution in [0.4, 0.5) is 5.00 Å². The molecule has 0 spiro atoms. The van der Waals surface area contributed by atoms with E-state index >= 15 is 0 Å². The van der Waals surface area contributed by atoms with Gasteiger partial charge in [-0.1, -0.05) is 0 Å². The highest BCUT2D eigenvalue weighted by Crippen LogP contribution is 2.13. The molecule has 7 heavy (non-hydrogen) atoms. The van der Waals surface area contributed by atoms with Crippen LogP contribution in [0.25, 0.3) is 0 Å². The predicted octanol–water partition coefficient (Wildman–Crippen LogP) is 1.01. The highest BCUT2D eigenvalue weighted by molar-refractivity contribution is 7.80. The lowest BCUT2D eigenvalue weighted by molar-refractivity contribution is 1.30. The summed E-state index contributed by atoms with van der Waals surface area (Å²) in [4.78, 5) is 0. The number of anilines is 1. The molecule has 0 aromatic carbocycles. The minimum Gasteiger partial charge on any atom is -0.389 e. The molecule has 2 nitrogen and oxygen atoms in total. The molecule has 0 amide bonds. The van der Waals surface area contributed by atoms with Gasteiger partial charge in [-0.05, 0) is 11.5 Å². The smallest absolute Gasteiger partial charge is 0.109 e. The van der Waals surface area contributed by atoms with Crippen molar-refractivity contribution in [2.75, 3.05) is 5.73 Å². The minimum atomic E-state index is 0.697. The first-order chi connectivity index (χ1) is 3.29. The molecule has 0 aliphatic carbocycles. The number of rotatable bonds is 0. The lowest BCUT2D eigenvalue weighted by atomic mass is 10.7. The van der Waals surface area contributed by atoms with Gasteiger partial charge in [0.05, 0.1) is 0 Å². The van der Waals surface area contributed by atoms with E-state index in [-0.39, 0.29) is 0 Å². The van der Waals surface area contributed by atoms with E-state index < -0.39 is 0 Å². The number of nitrogens with two attached hydrogens (primary N) is 1. The SMILES string of the molecule is Nc1cc(S)ns1. The van der Waals surface area contributed by atoms with Gasteiger partial charge >= 0.3 is 0 Å². The predicted molar refractivity (Wildman–Crippen MR) is 33.8 cm³/mol. The quantitative estimate of drug-likeness (QED) is 0.517. The summed E-state index contributed by atoms with van der Waals surface area (Å²) in [7, 11) is 0. The summed E-state index contributed by atoms with van der Waals surface area (Å²) in [6.45, 7) is 0. The summed E-state index contributed by atoms with van der Waals surface area (Å²) < 4.78 is 3.80. The van der Waals surface area contributed by atoms with Gasteiger partial charge in [0.2, 0.25) is 0 Å². The molecule has 38 valence electrons. The van der Waals surface area contributed by atoms with Gasteiger partial charge in [-0.2, -0.15) is 4.37 Å². The van der Waals surface area contributed by atoms with E-state index in [1.807, 2.05) is 0 Å². The monoisotopic (exact) mass is 132 g/mol. The highest BCUT2D eigenvalue weighted by Gasteiger charge is 1.88. The molecule has 0 saturated carbocycles. The number of thiol groups is 1. The lowest BCUT2D eigenvalue weighted by Gasteiger charge is -1.68. The van der Waals surface area contributed by atoms with Gasteiger partial charge in [0.15, 0.2) is 0 Å². The summed E-state index contributed by atoms with van der Waals surface area (Å²) in [5.74, 6) is 0. The van der Waals surface area contributed by atoms with E-state index in [9.17, 15) is 0 Å². The van der Waals surface area contributed by atoms with Crippen LogP contribution in [-0.2, 0) is 0 Å². The van der Waals surface area contributed by atoms with Crippen LogP contribution in [0.2, 0.25) is 0 Å². The van der Waals surface area contributed by atoms with E-state index in [1.165, 1.54) is 11.5 Å². The Labute approximate surface area is 50.9 Å². The Morgan fingerprint density at radius 2 is 2.57 bits per heavy atom. The molecule has 0 fully saturated rings. The van der Waals surface area contributed by atoms with Crippen molar-refractivity contribution >= 4 is 29.2 Å². The van der Waals surface area contributed by atoms with Crippen LogP contribution >= 0.6 is 24.2 Å². The molecule has 1 heterocycles. The van der Waals surface area contributed by atoms with Gasteiger partial charge in [-0.25, -0.2) is 0 Å². The zero-order valence-corrected chi connectivity index (χ0v) is 5.17. The van der Waals surface area contributed by atoms with E-state index in [0.29, 0.717) is 10.0 Å². The average molecular weight is 132 g/mol. The second-order valence-corrected chi connectivity index (χ2v) is 2.38. The van der Waals surface area contributed by atoms with Gasteiger partial charge in [-0.3, -0.25) is 0 Å². The van der Waals surface area contributed by atoms with Crippen molar-refractivity contribution in [2.24, 2.45) is 0 Å². The molecule has 4 heteroatoms. The number of nitrogen functional groups attached to an aromatic ring is 1. The Hall–Kier alpha value is -0.220. The summed E-state index contributed by atoms with van der Waals surface area (Å²) >= 11 is 5.18. The Balaban J connectivity index is 3.04. The summed E-state index contributed by atoms with van der Waals surface area (Å²) in [5.41, 5.74) is 5.29. The molecule has 0 aliphatic rings. The largest absolute Gasteiger partial charge is 0.389 e. The molecule has 0 saturated heterocycles. The molecule has 0 radical (unpaired) electrons. The van der Waals surface area contributed by atoms with E-state index in [4.69, 9.17) is 5.73 Å². The normalized spacial score (nSPS) is 9.29. The zero-order chi connectivity index (χ0) is 5.28. The van der Waals surface area contributed by atoms with Crippen LogP contribution in [0, 0.1) is 0 Å². The van der Waals surface area contributed by atoms with E-state index in [1.54, 1.807) is 6.07 Å². The highest BCUT2D eigenvalue weighted by atomic mass is 32.1. The summed E-state index contributed by atoms with van der Waals surface area (Å²) in [5, 5.41) is 1.41. The molecule has 1 aromatic rings. The lowest BCUT2D eigenvalue weighted by Crippen LogP contribution is -1.72. The molecular weight excluding hydrogens is 128 g/mol. The molecule has 0 atom stereocenters. The first-order valence-corrected chi connectivity index (χ1v) is 2.92. The van der Waals surface area contributed by atoms with Crippen molar-refractivity contribution in [2.45, 2.75) is 5.03 Å². The third-order valence-corrected chi connectivity index (χ3v) is 1.50. The van der Waals surface area contributed by atoms with Crippen LogP contribution in [0.15, 0.2) is 11.1 Å². The standard InChI is InChI=1S/C3H4N2S2/c4-2-1-3(6)5-7-2/h1H,4H2,(H,5,6). The maximum atomic E-state index is 5.29. The third kappa shape index (κ3) is 1.07.